The fourth-order valence-corrected chi connectivity index (χ4v) is 3.49. The van der Waals surface area contributed by atoms with E-state index < -0.39 is 30.0 Å². The number of hydrogen-bond acceptors (Lipinski definition) is 10. The van der Waals surface area contributed by atoms with Crippen LogP contribution < -0.4 is 8.37 Å². The van der Waals surface area contributed by atoms with Crippen LogP contribution in [0.4, 0.5) is 0 Å². The summed E-state index contributed by atoms with van der Waals surface area (Å²) in [7, 11) is -7.40. The zero-order valence-corrected chi connectivity index (χ0v) is 14.5. The SMILES string of the molecule is CC(=O)OS(=O)(=S)Oc1ccc(OS(=O)(=S)OC(C)=O)cc1.[NaH].[NaH]. The van der Waals surface area contributed by atoms with Crippen molar-refractivity contribution < 1.29 is 34.7 Å². The molecule has 1 aromatic rings. The van der Waals surface area contributed by atoms with Crippen molar-refractivity contribution in [3.8, 4) is 11.5 Å². The Morgan fingerprint density at radius 3 is 1.25 bits per heavy atom. The van der Waals surface area contributed by atoms with Crippen molar-refractivity contribution >= 4 is 112 Å². The molecule has 0 amide bonds. The number of carbonyl (C=O) groups is 2. The molecule has 0 N–H and O–H groups in total. The molecule has 0 radical (unpaired) electrons. The van der Waals surface area contributed by atoms with Gasteiger partial charge in [-0.15, -0.1) is 0 Å². The third-order valence-electron chi connectivity index (χ3n) is 1.66. The van der Waals surface area contributed by atoms with Gasteiger partial charge in [0.25, 0.3) is 0 Å². The normalized spacial score (nSPS) is 14.4. The fraction of sp³-hybridized carbons (Fsp3) is 0.200. The van der Waals surface area contributed by atoms with E-state index in [2.05, 4.69) is 30.7 Å². The van der Waals surface area contributed by atoms with Crippen molar-refractivity contribution in [1.29, 1.82) is 0 Å². The summed E-state index contributed by atoms with van der Waals surface area (Å²) in [6, 6.07) is 5.01. The molecule has 0 aliphatic heterocycles. The Morgan fingerprint density at radius 1 is 0.792 bits per heavy atom. The van der Waals surface area contributed by atoms with Crippen LogP contribution in [0.2, 0.25) is 0 Å². The van der Waals surface area contributed by atoms with Crippen molar-refractivity contribution in [2.75, 3.05) is 0 Å². The first-order valence-corrected chi connectivity index (χ1v) is 10.0. The summed E-state index contributed by atoms with van der Waals surface area (Å²) in [5.41, 5.74) is 0. The van der Waals surface area contributed by atoms with Crippen molar-refractivity contribution in [3.63, 3.8) is 0 Å². The van der Waals surface area contributed by atoms with E-state index in [0.717, 1.165) is 13.8 Å². The molecule has 0 aliphatic rings. The molecule has 1 rings (SSSR count). The van der Waals surface area contributed by atoms with Crippen LogP contribution in [-0.4, -0.2) is 79.5 Å². The van der Waals surface area contributed by atoms with Gasteiger partial charge in [-0.05, 0) is 24.3 Å². The zero-order chi connectivity index (χ0) is 17.0. The number of benzene rings is 1. The van der Waals surface area contributed by atoms with E-state index in [9.17, 15) is 18.0 Å². The third-order valence-corrected chi connectivity index (χ3v) is 4.15. The first-order chi connectivity index (χ1) is 9.99. The molecule has 0 saturated heterocycles. The van der Waals surface area contributed by atoms with E-state index in [4.69, 9.17) is 8.37 Å². The first-order valence-electron chi connectivity index (χ1n) is 5.38. The molecule has 0 heterocycles. The molecule has 0 bridgehead atoms. The van der Waals surface area contributed by atoms with Crippen LogP contribution in [0.5, 0.6) is 11.5 Å². The van der Waals surface area contributed by atoms with Gasteiger partial charge in [-0.3, -0.25) is 9.59 Å². The summed E-state index contributed by atoms with van der Waals surface area (Å²) in [5, 5.41) is 0. The summed E-state index contributed by atoms with van der Waals surface area (Å²) in [5.74, 6) is -1.69. The minimum atomic E-state index is -3.70. The molecule has 0 aromatic heterocycles. The molecule has 0 saturated carbocycles. The van der Waals surface area contributed by atoms with Crippen LogP contribution >= 0.6 is 0 Å². The predicted molar refractivity (Wildman–Crippen MR) is 96.5 cm³/mol. The Balaban J connectivity index is 0. The van der Waals surface area contributed by atoms with Gasteiger partial charge in [0.15, 0.2) is 0 Å². The zero-order valence-electron chi connectivity index (χ0n) is 11.2. The molecule has 1 aromatic carbocycles. The van der Waals surface area contributed by atoms with Gasteiger partial charge >= 0.3 is 89.2 Å². The van der Waals surface area contributed by atoms with E-state index in [1.165, 1.54) is 24.3 Å². The van der Waals surface area contributed by atoms with Gasteiger partial charge in [0, 0.05) is 13.8 Å². The second-order valence-corrected chi connectivity index (χ2v) is 8.35. The summed E-state index contributed by atoms with van der Waals surface area (Å²) in [6.45, 7) is 2.06. The van der Waals surface area contributed by atoms with Crippen LogP contribution in [0, 0.1) is 0 Å². The fourth-order valence-electron chi connectivity index (χ4n) is 1.11. The van der Waals surface area contributed by atoms with E-state index in [1.54, 1.807) is 0 Å². The van der Waals surface area contributed by atoms with Crippen LogP contribution in [0.1, 0.15) is 13.8 Å². The number of hydrogen-bond donors (Lipinski definition) is 0. The monoisotopic (exact) mass is 434 g/mol. The Morgan fingerprint density at radius 2 is 1.04 bits per heavy atom. The predicted octanol–water partition coefficient (Wildman–Crippen LogP) is -0.574. The molecule has 0 fully saturated rings. The molecule has 2 atom stereocenters. The van der Waals surface area contributed by atoms with Gasteiger partial charge in [-0.2, -0.15) is 8.42 Å². The minimum absolute atomic E-state index is 0. The Bertz CT molecular complexity index is 707. The van der Waals surface area contributed by atoms with E-state index in [0.29, 0.717) is 0 Å². The molecule has 14 heteroatoms. The van der Waals surface area contributed by atoms with Gasteiger partial charge in [-0.25, -0.2) is 0 Å². The van der Waals surface area contributed by atoms with Crippen molar-refractivity contribution in [2.45, 2.75) is 13.8 Å². The average Bonchev–Trinajstić information content (AvgIpc) is 2.27. The standard InChI is InChI=1S/C10H10O8S4.2Na.2H/c1-7(11)15-21(13,19)17-9-3-5-10(6-4-9)18-22(14,20)16-8(2)12;;;;/h3-6H,1-2H3;;;;. The second kappa shape index (κ2) is 11.3. The van der Waals surface area contributed by atoms with E-state index >= 15 is 0 Å². The summed E-state index contributed by atoms with van der Waals surface area (Å²) in [6.07, 6.45) is 0. The second-order valence-electron chi connectivity index (χ2n) is 3.60. The Hall–Kier alpha value is 0.500. The van der Waals surface area contributed by atoms with Gasteiger partial charge in [-0.1, -0.05) is 0 Å². The molecule has 24 heavy (non-hydrogen) atoms. The van der Waals surface area contributed by atoms with Gasteiger partial charge in [0.05, 0.1) is 22.4 Å². The summed E-state index contributed by atoms with van der Waals surface area (Å²) >= 11 is 8.96. The Kier molecular flexibility index (Phi) is 12.5. The quantitative estimate of drug-likeness (QED) is 0.540. The molecule has 2 unspecified atom stereocenters. The molecule has 126 valence electrons. The van der Waals surface area contributed by atoms with Crippen molar-refractivity contribution in [3.05, 3.63) is 24.3 Å². The first kappa shape index (κ1) is 26.7. The Labute approximate surface area is 193 Å². The van der Waals surface area contributed by atoms with Crippen LogP contribution in [-0.2, 0) is 58.4 Å². The average molecular weight is 434 g/mol. The van der Waals surface area contributed by atoms with Crippen LogP contribution in [0.3, 0.4) is 0 Å². The molecule has 0 aliphatic carbocycles. The summed E-state index contributed by atoms with van der Waals surface area (Å²) < 4.78 is 41.5. The summed E-state index contributed by atoms with van der Waals surface area (Å²) in [4.78, 5) is 21.4. The van der Waals surface area contributed by atoms with Crippen LogP contribution in [0.25, 0.3) is 0 Å². The number of rotatable bonds is 6. The molecular weight excluding hydrogens is 422 g/mol. The van der Waals surface area contributed by atoms with E-state index in [1.807, 2.05) is 0 Å². The van der Waals surface area contributed by atoms with Crippen molar-refractivity contribution in [2.24, 2.45) is 0 Å². The van der Waals surface area contributed by atoms with Gasteiger partial charge < -0.3 is 16.7 Å². The molecule has 0 spiro atoms. The van der Waals surface area contributed by atoms with Crippen LogP contribution in [0.15, 0.2) is 24.3 Å². The maximum absolute atomic E-state index is 11.6. The molecule has 8 nitrogen and oxygen atoms in total. The van der Waals surface area contributed by atoms with E-state index in [-0.39, 0.29) is 70.6 Å². The number of carbonyl (C=O) groups excluding carboxylic acids is 2. The molecular formula is C10H12Na2O8S4. The maximum atomic E-state index is 11.6. The van der Waals surface area contributed by atoms with Gasteiger partial charge in [0.1, 0.15) is 11.5 Å². The van der Waals surface area contributed by atoms with Gasteiger partial charge in [0.2, 0.25) is 0 Å². The van der Waals surface area contributed by atoms with Crippen molar-refractivity contribution in [1.82, 2.24) is 0 Å². The topological polar surface area (TPSA) is 105 Å². The third kappa shape index (κ3) is 11.2.